The van der Waals surface area contributed by atoms with Crippen LogP contribution < -0.4 is 5.32 Å². The molecule has 26 heavy (non-hydrogen) atoms. The van der Waals surface area contributed by atoms with Crippen molar-refractivity contribution in [2.24, 2.45) is 0 Å². The zero-order chi connectivity index (χ0) is 18.1. The van der Waals surface area contributed by atoms with E-state index in [-0.39, 0.29) is 6.03 Å². The van der Waals surface area contributed by atoms with Crippen LogP contribution in [0, 0.1) is 6.92 Å². The number of anilines is 1. The first kappa shape index (κ1) is 16.9. The summed E-state index contributed by atoms with van der Waals surface area (Å²) in [4.78, 5) is 20.9. The van der Waals surface area contributed by atoms with Crippen molar-refractivity contribution in [1.82, 2.24) is 25.0 Å². The smallest absolute Gasteiger partial charge is 0.322 e. The van der Waals surface area contributed by atoms with Gasteiger partial charge in [-0.1, -0.05) is 23.5 Å². The Morgan fingerprint density at radius 1 is 1.12 bits per heavy atom. The van der Waals surface area contributed by atoms with Crippen molar-refractivity contribution in [2.75, 3.05) is 38.5 Å². The minimum Gasteiger partial charge on any atom is -0.322 e. The zero-order valence-corrected chi connectivity index (χ0v) is 15.6. The van der Waals surface area contributed by atoms with E-state index in [1.54, 1.807) is 17.5 Å². The molecular formula is C18H20N6OS. The SMILES string of the molecule is Cc1nnc(-c2ccc3cnc(NC(=O)N4CCN(C)CC4)cc3c2)s1. The molecule has 1 aromatic carbocycles. The number of benzene rings is 1. The molecule has 0 aliphatic carbocycles. The summed E-state index contributed by atoms with van der Waals surface area (Å²) in [6.45, 7) is 5.19. The summed E-state index contributed by atoms with van der Waals surface area (Å²) in [5.74, 6) is 0.562. The molecule has 3 aromatic rings. The fourth-order valence-electron chi connectivity index (χ4n) is 2.95. The highest BCUT2D eigenvalue weighted by Crippen LogP contribution is 2.27. The molecule has 1 aliphatic heterocycles. The summed E-state index contributed by atoms with van der Waals surface area (Å²) < 4.78 is 0. The van der Waals surface area contributed by atoms with Gasteiger partial charge in [-0.25, -0.2) is 9.78 Å². The molecule has 1 saturated heterocycles. The Labute approximate surface area is 155 Å². The van der Waals surface area contributed by atoms with Gasteiger partial charge in [-0.05, 0) is 31.5 Å². The predicted molar refractivity (Wildman–Crippen MR) is 103 cm³/mol. The summed E-state index contributed by atoms with van der Waals surface area (Å²) in [7, 11) is 2.07. The van der Waals surface area contributed by atoms with Gasteiger partial charge in [0.05, 0.1) is 0 Å². The van der Waals surface area contributed by atoms with Gasteiger partial charge in [0.1, 0.15) is 15.8 Å². The second-order valence-corrected chi connectivity index (χ2v) is 7.66. The number of amides is 2. The molecule has 1 aliphatic rings. The quantitative estimate of drug-likeness (QED) is 0.753. The van der Waals surface area contributed by atoms with Gasteiger partial charge in [0.25, 0.3) is 0 Å². The van der Waals surface area contributed by atoms with Crippen LogP contribution in [-0.4, -0.2) is 64.2 Å². The third-order valence-corrected chi connectivity index (χ3v) is 5.41. The predicted octanol–water partition coefficient (Wildman–Crippen LogP) is 2.84. The van der Waals surface area contributed by atoms with Crippen LogP contribution in [0.5, 0.6) is 0 Å². The molecule has 3 heterocycles. The first-order valence-corrected chi connectivity index (χ1v) is 9.35. The van der Waals surface area contributed by atoms with E-state index >= 15 is 0 Å². The molecule has 0 radical (unpaired) electrons. The number of urea groups is 1. The highest BCUT2D eigenvalue weighted by Gasteiger charge is 2.19. The van der Waals surface area contributed by atoms with Gasteiger partial charge < -0.3 is 9.80 Å². The molecule has 4 rings (SSSR count). The maximum Gasteiger partial charge on any atom is 0.323 e. The number of pyridine rings is 1. The number of rotatable bonds is 2. The Kier molecular flexibility index (Phi) is 4.52. The van der Waals surface area contributed by atoms with Gasteiger partial charge in [-0.2, -0.15) is 0 Å². The van der Waals surface area contributed by atoms with Crippen molar-refractivity contribution in [2.45, 2.75) is 6.92 Å². The normalized spacial score (nSPS) is 15.4. The highest BCUT2D eigenvalue weighted by atomic mass is 32.1. The molecule has 2 aromatic heterocycles. The molecular weight excluding hydrogens is 348 g/mol. The van der Waals surface area contributed by atoms with E-state index in [4.69, 9.17) is 0 Å². The van der Waals surface area contributed by atoms with Crippen molar-refractivity contribution in [1.29, 1.82) is 0 Å². The molecule has 0 bridgehead atoms. The number of hydrogen-bond acceptors (Lipinski definition) is 6. The van der Waals surface area contributed by atoms with Gasteiger partial charge in [0.2, 0.25) is 0 Å². The van der Waals surface area contributed by atoms with Gasteiger partial charge >= 0.3 is 6.03 Å². The number of aromatic nitrogens is 3. The van der Waals surface area contributed by atoms with Crippen LogP contribution >= 0.6 is 11.3 Å². The lowest BCUT2D eigenvalue weighted by atomic mass is 10.1. The lowest BCUT2D eigenvalue weighted by Gasteiger charge is -2.32. The molecule has 0 atom stereocenters. The molecule has 2 amide bonds. The van der Waals surface area contributed by atoms with Crippen molar-refractivity contribution >= 4 is 34.0 Å². The first-order chi connectivity index (χ1) is 12.6. The third kappa shape index (κ3) is 3.51. The van der Waals surface area contributed by atoms with Crippen LogP contribution in [0.1, 0.15) is 5.01 Å². The summed E-state index contributed by atoms with van der Waals surface area (Å²) in [5.41, 5.74) is 1.02. The number of nitrogens with one attached hydrogen (secondary N) is 1. The minimum atomic E-state index is -0.0964. The number of carbonyl (C=O) groups excluding carboxylic acids is 1. The molecule has 0 saturated carbocycles. The lowest BCUT2D eigenvalue weighted by Crippen LogP contribution is -2.48. The third-order valence-electron chi connectivity index (χ3n) is 4.52. The van der Waals surface area contributed by atoms with E-state index in [1.165, 1.54) is 0 Å². The summed E-state index contributed by atoms with van der Waals surface area (Å²) in [6, 6.07) is 7.90. The molecule has 8 heteroatoms. The number of carbonyl (C=O) groups is 1. The van der Waals surface area contributed by atoms with Crippen molar-refractivity contribution in [3.63, 3.8) is 0 Å². The van der Waals surface area contributed by atoms with E-state index < -0.39 is 0 Å². The van der Waals surface area contributed by atoms with E-state index in [1.807, 2.05) is 30.0 Å². The summed E-state index contributed by atoms with van der Waals surface area (Å²) in [5, 5.41) is 15.1. The topological polar surface area (TPSA) is 74.2 Å². The molecule has 7 nitrogen and oxygen atoms in total. The number of fused-ring (bicyclic) bond motifs is 1. The number of aryl methyl sites for hydroxylation is 1. The lowest BCUT2D eigenvalue weighted by molar-refractivity contribution is 0.164. The van der Waals surface area contributed by atoms with Crippen LogP contribution in [0.3, 0.4) is 0 Å². The second-order valence-electron chi connectivity index (χ2n) is 6.48. The number of piperazine rings is 1. The van der Waals surface area contributed by atoms with Crippen LogP contribution in [-0.2, 0) is 0 Å². The first-order valence-electron chi connectivity index (χ1n) is 8.53. The van der Waals surface area contributed by atoms with Gasteiger partial charge in [0, 0.05) is 43.3 Å². The summed E-state index contributed by atoms with van der Waals surface area (Å²) >= 11 is 1.56. The Morgan fingerprint density at radius 2 is 1.92 bits per heavy atom. The fourth-order valence-corrected chi connectivity index (χ4v) is 3.64. The fraction of sp³-hybridized carbons (Fsp3) is 0.333. The Morgan fingerprint density at radius 3 is 2.65 bits per heavy atom. The summed E-state index contributed by atoms with van der Waals surface area (Å²) in [6.07, 6.45) is 1.78. The minimum absolute atomic E-state index is 0.0964. The largest absolute Gasteiger partial charge is 0.323 e. The number of hydrogen-bond donors (Lipinski definition) is 1. The average molecular weight is 368 g/mol. The molecule has 0 spiro atoms. The van der Waals surface area contributed by atoms with E-state index in [0.717, 1.165) is 52.5 Å². The van der Waals surface area contributed by atoms with Crippen molar-refractivity contribution in [3.05, 3.63) is 35.5 Å². The maximum absolute atomic E-state index is 12.4. The van der Waals surface area contributed by atoms with Crippen molar-refractivity contribution < 1.29 is 4.79 Å². The highest BCUT2D eigenvalue weighted by molar-refractivity contribution is 7.14. The molecule has 1 fully saturated rings. The monoisotopic (exact) mass is 368 g/mol. The Bertz CT molecular complexity index is 948. The van der Waals surface area contributed by atoms with Crippen molar-refractivity contribution in [3.8, 4) is 10.6 Å². The van der Waals surface area contributed by atoms with Gasteiger partial charge in [-0.3, -0.25) is 5.32 Å². The molecule has 1 N–H and O–H groups in total. The molecule has 134 valence electrons. The number of likely N-dealkylation sites (N-methyl/N-ethyl adjacent to an activating group) is 1. The van der Waals surface area contributed by atoms with E-state index in [9.17, 15) is 4.79 Å². The van der Waals surface area contributed by atoms with Crippen LogP contribution in [0.2, 0.25) is 0 Å². The van der Waals surface area contributed by atoms with E-state index in [2.05, 4.69) is 38.5 Å². The van der Waals surface area contributed by atoms with Gasteiger partial charge in [-0.15, -0.1) is 10.2 Å². The molecule has 0 unspecified atom stereocenters. The number of nitrogens with zero attached hydrogens (tertiary/aromatic N) is 5. The van der Waals surface area contributed by atoms with E-state index in [0.29, 0.717) is 5.82 Å². The maximum atomic E-state index is 12.4. The van der Waals surface area contributed by atoms with Crippen LogP contribution in [0.15, 0.2) is 30.5 Å². The van der Waals surface area contributed by atoms with Gasteiger partial charge in [0.15, 0.2) is 0 Å². The Balaban J connectivity index is 1.55. The Hall–Kier alpha value is -2.58. The van der Waals surface area contributed by atoms with Crippen LogP contribution in [0.4, 0.5) is 10.6 Å². The average Bonchev–Trinajstić information content (AvgIpc) is 3.08. The van der Waals surface area contributed by atoms with Crippen LogP contribution in [0.25, 0.3) is 21.3 Å². The standard InChI is InChI=1S/C18H20N6OS/c1-12-21-22-17(26-12)13-3-4-14-11-19-16(10-15(14)9-13)20-18(25)24-7-5-23(2)6-8-24/h3-4,9-11H,5-8H2,1-2H3,(H,19,20,25). The second kappa shape index (κ2) is 6.97. The zero-order valence-electron chi connectivity index (χ0n) is 14.8.